The van der Waals surface area contributed by atoms with Crippen LogP contribution in [-0.4, -0.2) is 52.3 Å². The number of rotatable bonds is 16. The van der Waals surface area contributed by atoms with Crippen LogP contribution in [0.1, 0.15) is 159 Å². The molecule has 3 fully saturated rings. The van der Waals surface area contributed by atoms with E-state index < -0.39 is 29.2 Å². The highest BCUT2D eigenvalue weighted by molar-refractivity contribution is 6.01. The SMILES string of the molecule is CCCCCCCCCC1(C(=O)NC2CCCCC2C(CC(=O)O)c2[nH]ccc2C(=O)C2OC(C)(C)OCC2(C)C)CCC1. The molecule has 1 aromatic heterocycles. The van der Waals surface area contributed by atoms with Gasteiger partial charge in [-0.15, -0.1) is 0 Å². The van der Waals surface area contributed by atoms with Crippen LogP contribution in [-0.2, 0) is 19.1 Å². The number of H-pyrrole nitrogens is 1. The lowest BCUT2D eigenvalue weighted by Gasteiger charge is -2.45. The molecule has 0 radical (unpaired) electrons. The number of hydrogen-bond donors (Lipinski definition) is 3. The van der Waals surface area contributed by atoms with Crippen molar-refractivity contribution in [3.8, 4) is 0 Å². The molecule has 1 aliphatic heterocycles. The number of carboxylic acid groups (broad SMARTS) is 1. The normalized spacial score (nSPS) is 26.3. The second kappa shape index (κ2) is 14.9. The summed E-state index contributed by atoms with van der Waals surface area (Å²) < 4.78 is 12.0. The van der Waals surface area contributed by atoms with Crippen molar-refractivity contribution >= 4 is 17.7 Å². The van der Waals surface area contributed by atoms with E-state index in [9.17, 15) is 19.5 Å². The minimum Gasteiger partial charge on any atom is -0.481 e. The van der Waals surface area contributed by atoms with Gasteiger partial charge in [-0.05, 0) is 57.9 Å². The number of aromatic nitrogens is 1. The quantitative estimate of drug-likeness (QED) is 0.129. The van der Waals surface area contributed by atoms with Crippen molar-refractivity contribution in [2.75, 3.05) is 6.61 Å². The summed E-state index contributed by atoms with van der Waals surface area (Å²) in [6, 6.07) is 1.64. The van der Waals surface area contributed by atoms with Crippen LogP contribution in [0.5, 0.6) is 0 Å². The van der Waals surface area contributed by atoms with Crippen LogP contribution in [0.25, 0.3) is 0 Å². The van der Waals surface area contributed by atoms with E-state index in [2.05, 4.69) is 17.2 Å². The van der Waals surface area contributed by atoms with Gasteiger partial charge in [0.2, 0.25) is 5.91 Å². The lowest BCUT2D eigenvalue weighted by Crippen LogP contribution is -2.54. The van der Waals surface area contributed by atoms with Gasteiger partial charge >= 0.3 is 5.97 Å². The number of amides is 1. The Balaban J connectivity index is 1.50. The van der Waals surface area contributed by atoms with Gasteiger partial charge in [-0.1, -0.05) is 85.0 Å². The Kier molecular flexibility index (Phi) is 11.8. The Morgan fingerprint density at radius 3 is 2.34 bits per heavy atom. The minimum atomic E-state index is -0.906. The first-order chi connectivity index (χ1) is 20.9. The van der Waals surface area contributed by atoms with E-state index in [0.29, 0.717) is 17.9 Å². The lowest BCUT2D eigenvalue weighted by molar-refractivity contribution is -0.298. The molecular weight excluding hydrogens is 556 g/mol. The zero-order chi connectivity index (χ0) is 32.0. The number of nitrogens with one attached hydrogen (secondary N) is 2. The Hall–Kier alpha value is -2.19. The predicted octanol–water partition coefficient (Wildman–Crippen LogP) is 7.92. The lowest BCUT2D eigenvalue weighted by atomic mass is 9.64. The molecule has 248 valence electrons. The van der Waals surface area contributed by atoms with Crippen LogP contribution in [0.4, 0.5) is 0 Å². The third-order valence-electron chi connectivity index (χ3n) is 10.7. The largest absolute Gasteiger partial charge is 0.481 e. The number of carboxylic acids is 1. The van der Waals surface area contributed by atoms with Gasteiger partial charge < -0.3 is 24.9 Å². The van der Waals surface area contributed by atoms with Gasteiger partial charge in [0.15, 0.2) is 11.6 Å². The molecule has 2 saturated carbocycles. The highest BCUT2D eigenvalue weighted by atomic mass is 16.7. The topological polar surface area (TPSA) is 118 Å². The first kappa shape index (κ1) is 34.7. The van der Waals surface area contributed by atoms with Crippen LogP contribution < -0.4 is 5.32 Å². The summed E-state index contributed by atoms with van der Waals surface area (Å²) in [7, 11) is 0. The number of Topliss-reactive ketones (excluding diaryl/α,β-unsaturated/α-hetero) is 1. The van der Waals surface area contributed by atoms with Crippen LogP contribution in [0.15, 0.2) is 12.3 Å². The van der Waals surface area contributed by atoms with Gasteiger partial charge in [0, 0.05) is 40.2 Å². The molecule has 3 N–H and O–H groups in total. The Bertz CT molecular complexity index is 1120. The molecule has 3 aliphatic rings. The van der Waals surface area contributed by atoms with E-state index in [0.717, 1.165) is 57.8 Å². The molecule has 0 aromatic carbocycles. The second-order valence-corrected chi connectivity index (χ2v) is 15.1. The maximum atomic E-state index is 14.1. The van der Waals surface area contributed by atoms with Crippen molar-refractivity contribution in [3.05, 3.63) is 23.5 Å². The van der Waals surface area contributed by atoms with E-state index in [-0.39, 0.29) is 35.5 Å². The summed E-state index contributed by atoms with van der Waals surface area (Å²) in [6.45, 7) is 10.2. The Morgan fingerprint density at radius 1 is 1.00 bits per heavy atom. The fraction of sp³-hybridized carbons (Fsp3) is 0.806. The van der Waals surface area contributed by atoms with Gasteiger partial charge in [0.1, 0.15) is 6.10 Å². The van der Waals surface area contributed by atoms with Crippen molar-refractivity contribution in [3.63, 3.8) is 0 Å². The summed E-state index contributed by atoms with van der Waals surface area (Å²) >= 11 is 0. The third kappa shape index (κ3) is 8.34. The Labute approximate surface area is 264 Å². The van der Waals surface area contributed by atoms with Crippen molar-refractivity contribution in [2.24, 2.45) is 16.7 Å². The minimum absolute atomic E-state index is 0.0789. The van der Waals surface area contributed by atoms with Crippen LogP contribution in [0.2, 0.25) is 0 Å². The smallest absolute Gasteiger partial charge is 0.304 e. The average Bonchev–Trinajstić information content (AvgIpc) is 3.43. The monoisotopic (exact) mass is 614 g/mol. The molecule has 0 spiro atoms. The number of carbonyl (C=O) groups is 3. The zero-order valence-electron chi connectivity index (χ0n) is 28.0. The van der Waals surface area contributed by atoms with E-state index >= 15 is 0 Å². The number of aromatic amines is 1. The number of hydrogen-bond acceptors (Lipinski definition) is 5. The summed E-state index contributed by atoms with van der Waals surface area (Å²) in [4.78, 5) is 43.5. The molecule has 1 saturated heterocycles. The molecule has 8 nitrogen and oxygen atoms in total. The van der Waals surface area contributed by atoms with Crippen molar-refractivity contribution in [1.82, 2.24) is 10.3 Å². The fourth-order valence-electron chi connectivity index (χ4n) is 7.78. The van der Waals surface area contributed by atoms with Gasteiger partial charge in [-0.25, -0.2) is 0 Å². The predicted molar refractivity (Wildman–Crippen MR) is 172 cm³/mol. The molecule has 1 amide bonds. The molecule has 1 aromatic rings. The molecule has 44 heavy (non-hydrogen) atoms. The number of aliphatic carboxylic acids is 1. The standard InChI is InChI=1S/C36H58N2O6/c1-6-7-8-9-10-11-14-19-36(20-15-21-36)33(42)38-28-17-13-12-16-25(28)27(23-29(39)40)30-26(18-22-37-30)31(41)32-34(2,3)24-43-35(4,5)44-32/h18,22,25,27-28,32,37H,6-17,19-21,23-24H2,1-5H3,(H,38,42)(H,39,40). The fourth-order valence-corrected chi connectivity index (χ4v) is 7.78. The molecule has 8 heteroatoms. The van der Waals surface area contributed by atoms with E-state index in [1.165, 1.54) is 38.5 Å². The number of ketones is 1. The first-order valence-electron chi connectivity index (χ1n) is 17.5. The maximum Gasteiger partial charge on any atom is 0.304 e. The molecule has 0 bridgehead atoms. The zero-order valence-corrected chi connectivity index (χ0v) is 28.0. The number of carbonyl (C=O) groups excluding carboxylic acids is 2. The summed E-state index contributed by atoms with van der Waals surface area (Å²) in [5, 5.41) is 13.5. The van der Waals surface area contributed by atoms with Crippen LogP contribution in [0.3, 0.4) is 0 Å². The van der Waals surface area contributed by atoms with Crippen molar-refractivity contribution in [2.45, 2.75) is 161 Å². The molecule has 2 aliphatic carbocycles. The highest BCUT2D eigenvalue weighted by Gasteiger charge is 2.48. The number of ether oxygens (including phenoxy) is 2. The summed E-state index contributed by atoms with van der Waals surface area (Å²) in [5.74, 6) is -2.30. The van der Waals surface area contributed by atoms with E-state index in [1.807, 2.05) is 27.7 Å². The van der Waals surface area contributed by atoms with E-state index in [4.69, 9.17) is 9.47 Å². The van der Waals surface area contributed by atoms with Gasteiger partial charge in [0.05, 0.1) is 13.0 Å². The third-order valence-corrected chi connectivity index (χ3v) is 10.7. The summed E-state index contributed by atoms with van der Waals surface area (Å²) in [5.41, 5.74) is 0.308. The first-order valence-corrected chi connectivity index (χ1v) is 17.5. The van der Waals surface area contributed by atoms with Crippen molar-refractivity contribution in [1.29, 1.82) is 0 Å². The Morgan fingerprint density at radius 2 is 1.68 bits per heavy atom. The highest BCUT2D eigenvalue weighted by Crippen LogP contribution is 2.47. The molecule has 4 unspecified atom stereocenters. The number of unbranched alkanes of at least 4 members (excludes halogenated alkanes) is 6. The molecule has 4 atom stereocenters. The van der Waals surface area contributed by atoms with Crippen LogP contribution >= 0.6 is 0 Å². The maximum absolute atomic E-state index is 14.1. The summed E-state index contributed by atoms with van der Waals surface area (Å²) in [6.07, 6.45) is 17.1. The second-order valence-electron chi connectivity index (χ2n) is 15.1. The van der Waals surface area contributed by atoms with Gasteiger partial charge in [0.25, 0.3) is 0 Å². The van der Waals surface area contributed by atoms with Crippen molar-refractivity contribution < 1.29 is 29.0 Å². The van der Waals surface area contributed by atoms with E-state index in [1.54, 1.807) is 12.3 Å². The van der Waals surface area contributed by atoms with Gasteiger partial charge in [-0.3, -0.25) is 14.4 Å². The molecule has 2 heterocycles. The molecule has 4 rings (SSSR count). The van der Waals surface area contributed by atoms with Gasteiger partial charge in [-0.2, -0.15) is 0 Å². The average molecular weight is 615 g/mol. The molecular formula is C36H58N2O6. The van der Waals surface area contributed by atoms with Crippen LogP contribution in [0, 0.1) is 16.7 Å².